The van der Waals surface area contributed by atoms with Crippen LogP contribution >= 0.6 is 0 Å². The van der Waals surface area contributed by atoms with Gasteiger partial charge < -0.3 is 10.1 Å². The molecule has 2 heterocycles. The number of nitrogens with one attached hydrogen (secondary N) is 1. The topological polar surface area (TPSA) is 96.0 Å². The lowest BCUT2D eigenvalue weighted by Gasteiger charge is -2.14. The van der Waals surface area contributed by atoms with Crippen LogP contribution in [0, 0.1) is 5.82 Å². The van der Waals surface area contributed by atoms with Crippen molar-refractivity contribution in [3.8, 4) is 0 Å². The quantitative estimate of drug-likeness (QED) is 0.742. The second-order valence-corrected chi connectivity index (χ2v) is 7.49. The van der Waals surface area contributed by atoms with Crippen LogP contribution < -0.4 is 15.1 Å². The number of hydrogen-bond donors (Lipinski definition) is 1. The number of hydrogen-bond acceptors (Lipinski definition) is 5. The number of halogens is 1. The summed E-state index contributed by atoms with van der Waals surface area (Å²) in [5, 5.41) is 2.58. The molecule has 0 saturated carbocycles. The van der Waals surface area contributed by atoms with Gasteiger partial charge in [0.1, 0.15) is 11.9 Å². The third-order valence-corrected chi connectivity index (χ3v) is 5.23. The standard InChI is InChI=1S/C23H20FN3O5/c1-13(28)25-11-17-12-26(23(31)32-17)16-8-7-15(20(24)10-16)9-19-18-5-3-4-6-21(18)27(14(2)29)22(19)30/h3-10,17H,11-12H2,1-2H3,(H,25,28)/b19-9+. The number of para-hydroxylation sites is 1. The molecule has 0 aliphatic carbocycles. The number of anilines is 2. The Morgan fingerprint density at radius 2 is 1.94 bits per heavy atom. The van der Waals surface area contributed by atoms with Gasteiger partial charge in [0, 0.05) is 25.0 Å². The lowest BCUT2D eigenvalue weighted by molar-refractivity contribution is -0.122. The molecule has 4 amide bonds. The van der Waals surface area contributed by atoms with E-state index >= 15 is 0 Å². The summed E-state index contributed by atoms with van der Waals surface area (Å²) in [7, 11) is 0. The fourth-order valence-electron chi connectivity index (χ4n) is 3.75. The highest BCUT2D eigenvalue weighted by Gasteiger charge is 2.35. The highest BCUT2D eigenvalue weighted by atomic mass is 19.1. The van der Waals surface area contributed by atoms with Crippen molar-refractivity contribution in [2.24, 2.45) is 0 Å². The maximum absolute atomic E-state index is 14.9. The van der Waals surface area contributed by atoms with Crippen molar-refractivity contribution in [2.75, 3.05) is 22.9 Å². The number of fused-ring (bicyclic) bond motifs is 1. The summed E-state index contributed by atoms with van der Waals surface area (Å²) in [4.78, 5) is 50.3. The zero-order chi connectivity index (χ0) is 23.0. The number of ether oxygens (including phenoxy) is 1. The molecule has 2 aliphatic rings. The van der Waals surface area contributed by atoms with E-state index in [0.29, 0.717) is 16.9 Å². The molecule has 8 nitrogen and oxygen atoms in total. The predicted molar refractivity (Wildman–Crippen MR) is 115 cm³/mol. The number of benzene rings is 2. The number of rotatable bonds is 4. The molecule has 0 spiro atoms. The number of carbonyl (C=O) groups excluding carboxylic acids is 4. The van der Waals surface area contributed by atoms with Crippen LogP contribution in [0.1, 0.15) is 25.0 Å². The Morgan fingerprint density at radius 1 is 1.19 bits per heavy atom. The average Bonchev–Trinajstić information content (AvgIpc) is 3.25. The molecule has 0 radical (unpaired) electrons. The zero-order valence-electron chi connectivity index (χ0n) is 17.4. The van der Waals surface area contributed by atoms with Gasteiger partial charge in [0.15, 0.2) is 0 Å². The molecular weight excluding hydrogens is 417 g/mol. The molecule has 1 fully saturated rings. The minimum Gasteiger partial charge on any atom is -0.442 e. The summed E-state index contributed by atoms with van der Waals surface area (Å²) < 4.78 is 20.1. The Labute approximate surface area is 183 Å². The molecule has 1 unspecified atom stereocenters. The lowest BCUT2D eigenvalue weighted by atomic mass is 10.0. The van der Waals surface area contributed by atoms with Gasteiger partial charge in [0.2, 0.25) is 11.8 Å². The Kier molecular flexibility index (Phi) is 5.48. The van der Waals surface area contributed by atoms with Crippen LogP contribution in [-0.4, -0.2) is 43.0 Å². The fraction of sp³-hybridized carbons (Fsp3) is 0.217. The first-order valence-electron chi connectivity index (χ1n) is 9.94. The largest absolute Gasteiger partial charge is 0.442 e. The van der Waals surface area contributed by atoms with Crippen molar-refractivity contribution in [1.29, 1.82) is 0 Å². The smallest absolute Gasteiger partial charge is 0.414 e. The minimum atomic E-state index is -0.639. The third-order valence-electron chi connectivity index (χ3n) is 5.23. The second-order valence-electron chi connectivity index (χ2n) is 7.49. The summed E-state index contributed by atoms with van der Waals surface area (Å²) in [6, 6.07) is 11.0. The van der Waals surface area contributed by atoms with Crippen molar-refractivity contribution < 1.29 is 28.3 Å². The number of nitrogens with zero attached hydrogens (tertiary/aromatic N) is 2. The van der Waals surface area contributed by atoms with Crippen molar-refractivity contribution in [1.82, 2.24) is 5.32 Å². The number of imide groups is 1. The maximum Gasteiger partial charge on any atom is 0.414 e. The van der Waals surface area contributed by atoms with E-state index in [9.17, 15) is 23.6 Å². The summed E-state index contributed by atoms with van der Waals surface area (Å²) >= 11 is 0. The van der Waals surface area contributed by atoms with Crippen LogP contribution in [0.15, 0.2) is 42.5 Å². The molecule has 9 heteroatoms. The SMILES string of the molecule is CC(=O)NCC1CN(c2ccc(/C=C3/C(=O)N(C(C)=O)c4ccccc43)c(F)c2)C(=O)O1. The van der Waals surface area contributed by atoms with E-state index in [2.05, 4.69) is 5.32 Å². The van der Waals surface area contributed by atoms with E-state index in [1.165, 1.54) is 37.0 Å². The zero-order valence-corrected chi connectivity index (χ0v) is 17.4. The molecule has 0 bridgehead atoms. The van der Waals surface area contributed by atoms with Crippen molar-refractivity contribution in [3.63, 3.8) is 0 Å². The monoisotopic (exact) mass is 437 g/mol. The number of amides is 4. The molecule has 32 heavy (non-hydrogen) atoms. The van der Waals surface area contributed by atoms with E-state index in [1.54, 1.807) is 30.3 Å². The van der Waals surface area contributed by atoms with E-state index < -0.39 is 29.8 Å². The molecule has 2 aromatic carbocycles. The van der Waals surface area contributed by atoms with Gasteiger partial charge in [-0.3, -0.25) is 19.3 Å². The van der Waals surface area contributed by atoms with Crippen LogP contribution in [0.5, 0.6) is 0 Å². The van der Waals surface area contributed by atoms with Crippen LogP contribution in [0.2, 0.25) is 0 Å². The second kappa shape index (κ2) is 8.26. The molecule has 2 aliphatic heterocycles. The average molecular weight is 437 g/mol. The van der Waals surface area contributed by atoms with Gasteiger partial charge in [-0.05, 0) is 30.3 Å². The third kappa shape index (κ3) is 3.84. The van der Waals surface area contributed by atoms with Crippen molar-refractivity contribution in [3.05, 3.63) is 59.4 Å². The van der Waals surface area contributed by atoms with Gasteiger partial charge in [0.05, 0.1) is 30.0 Å². The fourth-order valence-corrected chi connectivity index (χ4v) is 3.75. The molecule has 1 N–H and O–H groups in total. The Hall–Kier alpha value is -4.01. The predicted octanol–water partition coefficient (Wildman–Crippen LogP) is 2.72. The molecular formula is C23H20FN3O5. The summed E-state index contributed by atoms with van der Waals surface area (Å²) in [5.74, 6) is -1.83. The molecule has 0 aromatic heterocycles. The molecule has 1 saturated heterocycles. The summed E-state index contributed by atoms with van der Waals surface area (Å²) in [6.45, 7) is 2.98. The molecule has 2 aromatic rings. The van der Waals surface area contributed by atoms with E-state index in [0.717, 1.165) is 4.90 Å². The highest BCUT2D eigenvalue weighted by molar-refractivity contribution is 6.41. The van der Waals surface area contributed by atoms with Gasteiger partial charge in [-0.1, -0.05) is 18.2 Å². The van der Waals surface area contributed by atoms with E-state index in [-0.39, 0.29) is 30.1 Å². The molecule has 1 atom stereocenters. The normalized spacial score (nSPS) is 18.7. The van der Waals surface area contributed by atoms with E-state index in [4.69, 9.17) is 4.74 Å². The van der Waals surface area contributed by atoms with Crippen LogP contribution in [0.3, 0.4) is 0 Å². The van der Waals surface area contributed by atoms with Gasteiger partial charge in [-0.2, -0.15) is 0 Å². The molecule has 4 rings (SSSR count). The number of cyclic esters (lactones) is 1. The summed E-state index contributed by atoms with van der Waals surface area (Å²) in [5.41, 5.74) is 1.64. The Balaban J connectivity index is 1.60. The Bertz CT molecular complexity index is 1180. The van der Waals surface area contributed by atoms with Gasteiger partial charge >= 0.3 is 6.09 Å². The van der Waals surface area contributed by atoms with Crippen LogP contribution in [0.25, 0.3) is 11.6 Å². The van der Waals surface area contributed by atoms with Gasteiger partial charge in [0.25, 0.3) is 5.91 Å². The minimum absolute atomic E-state index is 0.139. The van der Waals surface area contributed by atoms with Crippen molar-refractivity contribution in [2.45, 2.75) is 20.0 Å². The first kappa shape index (κ1) is 21.2. The number of carbonyl (C=O) groups is 4. The first-order chi connectivity index (χ1) is 15.3. The Morgan fingerprint density at radius 3 is 2.62 bits per heavy atom. The van der Waals surface area contributed by atoms with Crippen molar-refractivity contribution >= 4 is 46.8 Å². The first-order valence-corrected chi connectivity index (χ1v) is 9.94. The van der Waals surface area contributed by atoms with Crippen LogP contribution in [0.4, 0.5) is 20.6 Å². The summed E-state index contributed by atoms with van der Waals surface area (Å²) in [6.07, 6.45) is 0.217. The van der Waals surface area contributed by atoms with Gasteiger partial charge in [-0.25, -0.2) is 14.1 Å². The lowest BCUT2D eigenvalue weighted by Crippen LogP contribution is -2.33. The highest BCUT2D eigenvalue weighted by Crippen LogP contribution is 2.38. The van der Waals surface area contributed by atoms with E-state index in [1.807, 2.05) is 0 Å². The molecule has 164 valence electrons. The van der Waals surface area contributed by atoms with Gasteiger partial charge in [-0.15, -0.1) is 0 Å². The van der Waals surface area contributed by atoms with Crippen LogP contribution in [-0.2, 0) is 19.1 Å². The maximum atomic E-state index is 14.9.